The minimum Gasteiger partial charge on any atom is -0.426 e. The van der Waals surface area contributed by atoms with Crippen LogP contribution in [0, 0.1) is 0 Å². The molecule has 3 rings (SSSR count). The molecule has 0 saturated heterocycles. The smallest absolute Gasteiger partial charge is 0.311 e. The maximum Gasteiger partial charge on any atom is 0.311 e. The van der Waals surface area contributed by atoms with Gasteiger partial charge in [-0.1, -0.05) is 12.1 Å². The van der Waals surface area contributed by atoms with Crippen molar-refractivity contribution in [3.8, 4) is 5.75 Å². The fourth-order valence-corrected chi connectivity index (χ4v) is 2.66. The van der Waals surface area contributed by atoms with Gasteiger partial charge < -0.3 is 10.5 Å². The fourth-order valence-electron chi connectivity index (χ4n) is 2.66. The maximum atomic E-state index is 11.5. The van der Waals surface area contributed by atoms with Gasteiger partial charge in [0.1, 0.15) is 5.75 Å². The fraction of sp³-hybridized carbons (Fsp3) is 0.462. The van der Waals surface area contributed by atoms with Crippen molar-refractivity contribution in [3.63, 3.8) is 0 Å². The molecule has 1 aromatic rings. The molecule has 1 heterocycles. The van der Waals surface area contributed by atoms with E-state index in [9.17, 15) is 4.79 Å². The largest absolute Gasteiger partial charge is 0.426 e. The van der Waals surface area contributed by atoms with Crippen LogP contribution in [0.4, 0.5) is 0 Å². The number of benzene rings is 1. The van der Waals surface area contributed by atoms with Crippen molar-refractivity contribution in [3.05, 3.63) is 28.8 Å². The van der Waals surface area contributed by atoms with Crippen LogP contribution in [0.5, 0.6) is 5.75 Å². The number of carbonyl (C=O) groups excluding carboxylic acids is 1. The van der Waals surface area contributed by atoms with E-state index in [1.165, 1.54) is 16.7 Å². The molecule has 3 heteroatoms. The second-order valence-corrected chi connectivity index (χ2v) is 4.69. The molecule has 0 amide bonds. The summed E-state index contributed by atoms with van der Waals surface area (Å²) in [4.78, 5) is 11.5. The second-order valence-electron chi connectivity index (χ2n) is 4.69. The first kappa shape index (κ1) is 9.85. The number of aryl methyl sites for hydroxylation is 1. The molecule has 2 aliphatic rings. The molecule has 1 unspecified atom stereocenters. The highest BCUT2D eigenvalue weighted by Crippen LogP contribution is 2.35. The lowest BCUT2D eigenvalue weighted by atomic mass is 10.0. The average molecular weight is 217 g/mol. The Morgan fingerprint density at radius 2 is 2.00 bits per heavy atom. The number of hydrogen-bond acceptors (Lipinski definition) is 3. The Hall–Kier alpha value is -1.35. The van der Waals surface area contributed by atoms with Crippen LogP contribution < -0.4 is 10.5 Å². The highest BCUT2D eigenvalue weighted by Gasteiger charge is 2.26. The Balaban J connectivity index is 2.09. The Kier molecular flexibility index (Phi) is 2.21. The molecule has 0 saturated carbocycles. The van der Waals surface area contributed by atoms with E-state index in [4.69, 9.17) is 10.5 Å². The predicted molar refractivity (Wildman–Crippen MR) is 60.4 cm³/mol. The first-order valence-electron chi connectivity index (χ1n) is 5.84. The zero-order chi connectivity index (χ0) is 11.1. The summed E-state index contributed by atoms with van der Waals surface area (Å²) in [7, 11) is 0. The third-order valence-electron chi connectivity index (χ3n) is 3.43. The quantitative estimate of drug-likeness (QED) is 0.527. The second kappa shape index (κ2) is 3.59. The van der Waals surface area contributed by atoms with Crippen LogP contribution in [-0.2, 0) is 24.1 Å². The summed E-state index contributed by atoms with van der Waals surface area (Å²) in [5.74, 6) is 0.709. The van der Waals surface area contributed by atoms with Crippen LogP contribution in [0.1, 0.15) is 29.5 Å². The molecule has 1 atom stereocenters. The monoisotopic (exact) mass is 217 g/mol. The van der Waals surface area contributed by atoms with Crippen molar-refractivity contribution < 1.29 is 9.53 Å². The summed E-state index contributed by atoms with van der Waals surface area (Å²) in [5, 5.41) is 0. The molecule has 0 radical (unpaired) electrons. The summed E-state index contributed by atoms with van der Waals surface area (Å²) < 4.78 is 5.45. The molecule has 0 spiro atoms. The molecule has 0 bridgehead atoms. The lowest BCUT2D eigenvalue weighted by Crippen LogP contribution is -2.19. The van der Waals surface area contributed by atoms with Crippen molar-refractivity contribution >= 4 is 5.97 Å². The molecule has 1 aromatic carbocycles. The third-order valence-corrected chi connectivity index (χ3v) is 3.43. The molecular formula is C13H15NO2. The van der Waals surface area contributed by atoms with E-state index in [1.54, 1.807) is 0 Å². The molecule has 16 heavy (non-hydrogen) atoms. The van der Waals surface area contributed by atoms with E-state index in [-0.39, 0.29) is 12.0 Å². The zero-order valence-corrected chi connectivity index (χ0v) is 9.16. The molecular weight excluding hydrogens is 202 g/mol. The number of rotatable bonds is 0. The van der Waals surface area contributed by atoms with Gasteiger partial charge >= 0.3 is 5.97 Å². The molecule has 84 valence electrons. The van der Waals surface area contributed by atoms with E-state index >= 15 is 0 Å². The number of fused-ring (bicyclic) bond motifs is 3. The highest BCUT2D eigenvalue weighted by molar-refractivity contribution is 5.74. The van der Waals surface area contributed by atoms with Crippen LogP contribution in [0.25, 0.3) is 0 Å². The van der Waals surface area contributed by atoms with Crippen molar-refractivity contribution in [2.45, 2.75) is 38.1 Å². The molecule has 1 aliphatic heterocycles. The lowest BCUT2D eigenvalue weighted by Gasteiger charge is -2.10. The van der Waals surface area contributed by atoms with Gasteiger partial charge in [0.05, 0.1) is 0 Å². The molecule has 0 fully saturated rings. The van der Waals surface area contributed by atoms with Gasteiger partial charge in [-0.05, 0) is 42.4 Å². The lowest BCUT2D eigenvalue weighted by molar-refractivity contribution is -0.134. The van der Waals surface area contributed by atoms with Crippen molar-refractivity contribution in [1.82, 2.24) is 0 Å². The van der Waals surface area contributed by atoms with E-state index in [0.717, 1.165) is 31.4 Å². The highest BCUT2D eigenvalue weighted by atomic mass is 16.5. The van der Waals surface area contributed by atoms with Gasteiger partial charge in [-0.25, -0.2) is 0 Å². The SMILES string of the molecule is NC1Cc2ccc3c(c2C1)OC(=O)CCC3. The summed E-state index contributed by atoms with van der Waals surface area (Å²) in [6, 6.07) is 4.41. The number of carbonyl (C=O) groups is 1. The normalized spacial score (nSPS) is 23.3. The van der Waals surface area contributed by atoms with Crippen LogP contribution in [0.3, 0.4) is 0 Å². The van der Waals surface area contributed by atoms with Gasteiger partial charge in [0.2, 0.25) is 0 Å². The summed E-state index contributed by atoms with van der Waals surface area (Å²) in [6.45, 7) is 0. The maximum absolute atomic E-state index is 11.5. The van der Waals surface area contributed by atoms with Gasteiger partial charge in [-0.2, -0.15) is 0 Å². The Bertz CT molecular complexity index is 453. The van der Waals surface area contributed by atoms with Gasteiger partial charge in [0.15, 0.2) is 0 Å². The first-order chi connectivity index (χ1) is 7.74. The number of esters is 1. The first-order valence-corrected chi connectivity index (χ1v) is 5.84. The summed E-state index contributed by atoms with van der Waals surface area (Å²) >= 11 is 0. The number of hydrogen-bond donors (Lipinski definition) is 1. The number of nitrogens with two attached hydrogens (primary N) is 1. The third kappa shape index (κ3) is 1.52. The van der Waals surface area contributed by atoms with Crippen LogP contribution in [-0.4, -0.2) is 12.0 Å². The van der Waals surface area contributed by atoms with Crippen molar-refractivity contribution in [2.24, 2.45) is 5.73 Å². The zero-order valence-electron chi connectivity index (χ0n) is 9.16. The van der Waals surface area contributed by atoms with Gasteiger partial charge in [-0.15, -0.1) is 0 Å². The molecule has 3 nitrogen and oxygen atoms in total. The van der Waals surface area contributed by atoms with Gasteiger partial charge in [0, 0.05) is 12.5 Å². The van der Waals surface area contributed by atoms with Gasteiger partial charge in [0.25, 0.3) is 0 Å². The molecule has 0 aromatic heterocycles. The topological polar surface area (TPSA) is 52.3 Å². The van der Waals surface area contributed by atoms with E-state index in [1.807, 2.05) is 0 Å². The van der Waals surface area contributed by atoms with Crippen LogP contribution in [0.2, 0.25) is 0 Å². The Morgan fingerprint density at radius 1 is 1.19 bits per heavy atom. The van der Waals surface area contributed by atoms with E-state index in [0.29, 0.717) is 6.42 Å². The minimum atomic E-state index is -0.104. The van der Waals surface area contributed by atoms with Gasteiger partial charge in [-0.3, -0.25) is 4.79 Å². The number of ether oxygens (including phenoxy) is 1. The molecule has 2 N–H and O–H groups in total. The predicted octanol–water partition coefficient (Wildman–Crippen LogP) is 1.35. The van der Waals surface area contributed by atoms with Crippen molar-refractivity contribution in [1.29, 1.82) is 0 Å². The summed E-state index contributed by atoms with van der Waals surface area (Å²) in [6.07, 6.45) is 4.09. The Morgan fingerprint density at radius 3 is 2.88 bits per heavy atom. The van der Waals surface area contributed by atoms with E-state index in [2.05, 4.69) is 12.1 Å². The van der Waals surface area contributed by atoms with E-state index < -0.39 is 0 Å². The average Bonchev–Trinajstić information content (AvgIpc) is 2.51. The van der Waals surface area contributed by atoms with Crippen LogP contribution >= 0.6 is 0 Å². The molecule has 1 aliphatic carbocycles. The minimum absolute atomic E-state index is 0.104. The van der Waals surface area contributed by atoms with Crippen molar-refractivity contribution in [2.75, 3.05) is 0 Å². The van der Waals surface area contributed by atoms with Crippen LogP contribution in [0.15, 0.2) is 12.1 Å². The Labute approximate surface area is 94.6 Å². The standard InChI is InChI=1S/C13H15NO2/c14-10-6-9-5-4-8-2-1-3-12(15)16-13(8)11(9)7-10/h4-5,10H,1-3,6-7,14H2. The summed E-state index contributed by atoms with van der Waals surface area (Å²) in [5.41, 5.74) is 9.53.